The van der Waals surface area contributed by atoms with E-state index < -0.39 is 28.8 Å². The maximum absolute atomic E-state index is 12.3. The smallest absolute Gasteiger partial charge is 0.338 e. The van der Waals surface area contributed by atoms with Gasteiger partial charge in [0.25, 0.3) is 5.91 Å². The molecule has 138 valence electrons. The summed E-state index contributed by atoms with van der Waals surface area (Å²) in [6.45, 7) is 3.58. The third-order valence-corrected chi connectivity index (χ3v) is 4.56. The van der Waals surface area contributed by atoms with Gasteiger partial charge in [0.05, 0.1) is 5.56 Å². The summed E-state index contributed by atoms with van der Waals surface area (Å²) in [6.07, 6.45) is 1.59. The molecule has 2 aromatic carbocycles. The average Bonchev–Trinajstić information content (AvgIpc) is 2.62. The number of amides is 1. The van der Waals surface area contributed by atoms with E-state index in [0.717, 1.165) is 12.0 Å². The van der Waals surface area contributed by atoms with E-state index in [2.05, 4.69) is 12.2 Å². The van der Waals surface area contributed by atoms with Gasteiger partial charge in [0, 0.05) is 28.5 Å². The second kappa shape index (κ2) is 9.29. The van der Waals surface area contributed by atoms with Gasteiger partial charge in [-0.2, -0.15) is 0 Å². The van der Waals surface area contributed by atoms with Crippen LogP contribution < -0.4 is 5.32 Å². The zero-order chi connectivity index (χ0) is 19.1. The molecule has 0 aliphatic rings. The molecule has 0 spiro atoms. The number of anilines is 1. The Balaban J connectivity index is 1.97. The molecule has 5 nitrogen and oxygen atoms in total. The molecule has 0 fully saturated rings. The highest BCUT2D eigenvalue weighted by Gasteiger charge is 2.19. The highest BCUT2D eigenvalue weighted by molar-refractivity contribution is 7.83. The van der Waals surface area contributed by atoms with Gasteiger partial charge in [-0.15, -0.1) is 0 Å². The minimum atomic E-state index is -0.998. The van der Waals surface area contributed by atoms with Gasteiger partial charge in [-0.1, -0.05) is 31.2 Å². The number of ether oxygens (including phenoxy) is 1. The van der Waals surface area contributed by atoms with Crippen LogP contribution in [0.25, 0.3) is 0 Å². The largest absolute Gasteiger partial charge is 0.449 e. The highest BCUT2D eigenvalue weighted by atomic mass is 32.2. The van der Waals surface area contributed by atoms with Crippen LogP contribution in [-0.4, -0.2) is 28.4 Å². The van der Waals surface area contributed by atoms with E-state index in [1.807, 2.05) is 24.3 Å². The van der Waals surface area contributed by atoms with Crippen LogP contribution in [0.3, 0.4) is 0 Å². The number of carbonyl (C=O) groups excluding carboxylic acids is 2. The van der Waals surface area contributed by atoms with Gasteiger partial charge >= 0.3 is 5.97 Å². The molecule has 26 heavy (non-hydrogen) atoms. The zero-order valence-corrected chi connectivity index (χ0v) is 16.0. The minimum absolute atomic E-state index is 0.333. The molecule has 1 N–H and O–H groups in total. The Morgan fingerprint density at radius 2 is 1.81 bits per heavy atom. The number of esters is 1. The van der Waals surface area contributed by atoms with Gasteiger partial charge in [-0.3, -0.25) is 9.00 Å². The number of nitrogens with one attached hydrogen (secondary N) is 1. The van der Waals surface area contributed by atoms with Crippen molar-refractivity contribution in [1.82, 2.24) is 0 Å². The summed E-state index contributed by atoms with van der Waals surface area (Å²) in [6, 6.07) is 14.3. The summed E-state index contributed by atoms with van der Waals surface area (Å²) < 4.78 is 16.6. The first-order valence-corrected chi connectivity index (χ1v) is 10.1. The SMILES string of the molecule is CCc1ccc(NC(=O)C(C)OC(=O)c2cccc(CS(C)=O)c2)cc1. The molecule has 0 saturated carbocycles. The van der Waals surface area contributed by atoms with Crippen molar-refractivity contribution >= 4 is 28.4 Å². The van der Waals surface area contributed by atoms with Crippen LogP contribution >= 0.6 is 0 Å². The van der Waals surface area contributed by atoms with Crippen molar-refractivity contribution in [3.63, 3.8) is 0 Å². The third kappa shape index (κ3) is 5.81. The molecule has 0 bridgehead atoms. The Hall–Kier alpha value is -2.47. The van der Waals surface area contributed by atoms with Crippen molar-refractivity contribution in [2.75, 3.05) is 11.6 Å². The van der Waals surface area contributed by atoms with Crippen LogP contribution in [0.2, 0.25) is 0 Å². The molecule has 6 heteroatoms. The lowest BCUT2D eigenvalue weighted by molar-refractivity contribution is -0.123. The van der Waals surface area contributed by atoms with Crippen molar-refractivity contribution in [1.29, 1.82) is 0 Å². The molecule has 2 unspecified atom stereocenters. The van der Waals surface area contributed by atoms with Gasteiger partial charge in [0.2, 0.25) is 0 Å². The topological polar surface area (TPSA) is 72.5 Å². The van der Waals surface area contributed by atoms with Gasteiger partial charge in [-0.05, 0) is 48.7 Å². The molecule has 0 aliphatic heterocycles. The normalized spacial score (nSPS) is 12.9. The first kappa shape index (κ1) is 19.8. The average molecular weight is 373 g/mol. The van der Waals surface area contributed by atoms with Crippen LogP contribution in [0.1, 0.15) is 35.3 Å². The fourth-order valence-electron chi connectivity index (χ4n) is 2.37. The fourth-order valence-corrected chi connectivity index (χ4v) is 3.02. The Morgan fingerprint density at radius 1 is 1.12 bits per heavy atom. The lowest BCUT2D eigenvalue weighted by Crippen LogP contribution is -2.30. The molecule has 1 amide bonds. The monoisotopic (exact) mass is 373 g/mol. The van der Waals surface area contributed by atoms with E-state index in [0.29, 0.717) is 17.0 Å². The first-order chi connectivity index (χ1) is 12.4. The lowest BCUT2D eigenvalue weighted by atomic mass is 10.1. The predicted octanol–water partition coefficient (Wildman–Crippen LogP) is 3.31. The number of carbonyl (C=O) groups is 2. The summed E-state index contributed by atoms with van der Waals surface area (Å²) in [4.78, 5) is 24.5. The molecule has 0 heterocycles. The van der Waals surface area contributed by atoms with Crippen molar-refractivity contribution in [3.05, 3.63) is 65.2 Å². The maximum atomic E-state index is 12.3. The second-order valence-corrected chi connectivity index (χ2v) is 7.44. The van der Waals surface area contributed by atoms with Crippen molar-refractivity contribution in [2.24, 2.45) is 0 Å². The zero-order valence-electron chi connectivity index (χ0n) is 15.2. The number of hydrogen-bond acceptors (Lipinski definition) is 4. The van der Waals surface area contributed by atoms with E-state index in [-0.39, 0.29) is 0 Å². The molecular formula is C20H23NO4S. The summed E-state index contributed by atoms with van der Waals surface area (Å²) in [7, 11) is -0.998. The third-order valence-electron chi connectivity index (χ3n) is 3.82. The fraction of sp³-hybridized carbons (Fsp3) is 0.300. The molecule has 2 rings (SSSR count). The Labute approximate surface area is 156 Å². The predicted molar refractivity (Wildman–Crippen MR) is 104 cm³/mol. The summed E-state index contributed by atoms with van der Waals surface area (Å²) >= 11 is 0. The van der Waals surface area contributed by atoms with Crippen molar-refractivity contribution < 1.29 is 18.5 Å². The van der Waals surface area contributed by atoms with Gasteiger partial charge in [-0.25, -0.2) is 4.79 Å². The van der Waals surface area contributed by atoms with E-state index in [4.69, 9.17) is 4.74 Å². The number of aryl methyl sites for hydroxylation is 1. The molecule has 0 aromatic heterocycles. The Morgan fingerprint density at radius 3 is 2.42 bits per heavy atom. The highest BCUT2D eigenvalue weighted by Crippen LogP contribution is 2.13. The summed E-state index contributed by atoms with van der Waals surface area (Å²) in [5, 5.41) is 2.73. The molecular weight excluding hydrogens is 350 g/mol. The van der Waals surface area contributed by atoms with Gasteiger partial charge in [0.1, 0.15) is 0 Å². The summed E-state index contributed by atoms with van der Waals surface area (Å²) in [5.74, 6) is -0.614. The Kier molecular flexibility index (Phi) is 7.09. The molecule has 0 radical (unpaired) electrons. The quantitative estimate of drug-likeness (QED) is 0.756. The van der Waals surface area contributed by atoms with Gasteiger partial charge < -0.3 is 10.1 Å². The first-order valence-electron chi connectivity index (χ1n) is 8.38. The van der Waals surface area contributed by atoms with Crippen LogP contribution in [0.4, 0.5) is 5.69 Å². The van der Waals surface area contributed by atoms with Crippen LogP contribution in [0.5, 0.6) is 0 Å². The molecule has 2 atom stereocenters. The maximum Gasteiger partial charge on any atom is 0.338 e. The van der Waals surface area contributed by atoms with E-state index in [1.54, 1.807) is 30.5 Å². The van der Waals surface area contributed by atoms with E-state index in [9.17, 15) is 13.8 Å². The van der Waals surface area contributed by atoms with Crippen molar-refractivity contribution in [2.45, 2.75) is 32.1 Å². The molecule has 0 saturated heterocycles. The van der Waals surface area contributed by atoms with E-state index in [1.165, 1.54) is 12.5 Å². The minimum Gasteiger partial charge on any atom is -0.449 e. The standard InChI is InChI=1S/C20H23NO4S/c1-4-15-8-10-18(11-9-15)21-19(22)14(2)25-20(23)17-7-5-6-16(12-17)13-26(3)24/h5-12,14H,4,13H2,1-3H3,(H,21,22). The number of benzene rings is 2. The second-order valence-electron chi connectivity index (χ2n) is 6.01. The molecule has 2 aromatic rings. The number of hydrogen-bond donors (Lipinski definition) is 1. The number of rotatable bonds is 7. The summed E-state index contributed by atoms with van der Waals surface area (Å²) in [5.41, 5.74) is 2.95. The lowest BCUT2D eigenvalue weighted by Gasteiger charge is -2.14. The molecule has 0 aliphatic carbocycles. The Bertz CT molecular complexity index is 802. The van der Waals surface area contributed by atoms with Crippen molar-refractivity contribution in [3.8, 4) is 0 Å². The van der Waals surface area contributed by atoms with Gasteiger partial charge in [0.15, 0.2) is 6.10 Å². The van der Waals surface area contributed by atoms with E-state index >= 15 is 0 Å². The van der Waals surface area contributed by atoms with Crippen LogP contribution in [0.15, 0.2) is 48.5 Å². The van der Waals surface area contributed by atoms with Crippen LogP contribution in [-0.2, 0) is 32.5 Å². The van der Waals surface area contributed by atoms with Crippen LogP contribution in [0, 0.1) is 0 Å².